The molecule has 0 aliphatic heterocycles. The second-order valence-corrected chi connectivity index (χ2v) is 6.58. The van der Waals surface area contributed by atoms with Gasteiger partial charge in [0.1, 0.15) is 17.9 Å². The number of hydrogen-bond acceptors (Lipinski definition) is 6. The van der Waals surface area contributed by atoms with Crippen molar-refractivity contribution in [2.75, 3.05) is 12.9 Å². The Kier molecular flexibility index (Phi) is 5.63. The number of thioether (sulfide) groups is 1. The van der Waals surface area contributed by atoms with Gasteiger partial charge in [0.25, 0.3) is 0 Å². The monoisotopic (exact) mass is 370 g/mol. The molecule has 0 saturated heterocycles. The molecule has 0 aliphatic carbocycles. The number of esters is 1. The highest BCUT2D eigenvalue weighted by Gasteiger charge is 2.08. The number of carbonyl (C=O) groups is 1. The normalized spacial score (nSPS) is 10.7. The average molecular weight is 370 g/mol. The van der Waals surface area contributed by atoms with Gasteiger partial charge in [0.2, 0.25) is 0 Å². The molecule has 1 heterocycles. The molecule has 3 aromatic rings. The zero-order chi connectivity index (χ0) is 18.5. The Labute approximate surface area is 154 Å². The molecule has 0 fully saturated rings. The Morgan fingerprint density at radius 2 is 1.88 bits per heavy atom. The largest absolute Gasteiger partial charge is 0.482 e. The van der Waals surface area contributed by atoms with Crippen LogP contribution in [0.1, 0.15) is 11.1 Å². The topological polar surface area (TPSA) is 65.7 Å². The Hall–Kier alpha value is -2.73. The number of benzene rings is 2. The number of ether oxygens (including phenoxy) is 2. The fourth-order valence-corrected chi connectivity index (χ4v) is 2.87. The number of rotatable bonds is 6. The highest BCUT2D eigenvalue weighted by Crippen LogP contribution is 2.22. The smallest absolute Gasteiger partial charge is 0.344 e. The summed E-state index contributed by atoms with van der Waals surface area (Å²) in [5.74, 6) is -0.0303. The van der Waals surface area contributed by atoms with Gasteiger partial charge in [-0.1, -0.05) is 12.1 Å². The van der Waals surface area contributed by atoms with Crippen molar-refractivity contribution in [2.24, 2.45) is 0 Å². The van der Waals surface area contributed by atoms with Crippen LogP contribution in [0.3, 0.4) is 0 Å². The van der Waals surface area contributed by atoms with Gasteiger partial charge >= 0.3 is 11.6 Å². The SMILES string of the molecule is CSc1ccc(COC(=O)COc2ccc3c(C)cc(=O)oc3c2)cc1. The fraction of sp³-hybridized carbons (Fsp3) is 0.200. The summed E-state index contributed by atoms with van der Waals surface area (Å²) in [6, 6.07) is 14.4. The van der Waals surface area contributed by atoms with Gasteiger partial charge < -0.3 is 13.9 Å². The van der Waals surface area contributed by atoms with Crippen LogP contribution in [0.2, 0.25) is 0 Å². The standard InChI is InChI=1S/C20H18O5S/c1-13-9-19(21)25-18-10-15(5-8-17(13)18)23-12-20(22)24-11-14-3-6-16(26-2)7-4-14/h3-10H,11-12H2,1-2H3. The summed E-state index contributed by atoms with van der Waals surface area (Å²) in [6.45, 7) is 1.82. The summed E-state index contributed by atoms with van der Waals surface area (Å²) in [6.07, 6.45) is 2.01. The first kappa shape index (κ1) is 18.1. The molecule has 26 heavy (non-hydrogen) atoms. The van der Waals surface area contributed by atoms with Gasteiger partial charge in [-0.05, 0) is 48.6 Å². The fourth-order valence-electron chi connectivity index (χ4n) is 2.46. The lowest BCUT2D eigenvalue weighted by molar-refractivity contribution is -0.147. The molecule has 0 aliphatic rings. The molecule has 0 amide bonds. The van der Waals surface area contributed by atoms with Gasteiger partial charge in [0.15, 0.2) is 6.61 Å². The lowest BCUT2D eigenvalue weighted by Gasteiger charge is -2.08. The Morgan fingerprint density at radius 3 is 2.62 bits per heavy atom. The first-order valence-corrected chi connectivity index (χ1v) is 9.23. The lowest BCUT2D eigenvalue weighted by atomic mass is 10.1. The van der Waals surface area contributed by atoms with E-state index in [9.17, 15) is 9.59 Å². The molecule has 3 rings (SSSR count). The van der Waals surface area contributed by atoms with E-state index in [4.69, 9.17) is 13.9 Å². The van der Waals surface area contributed by atoms with E-state index < -0.39 is 11.6 Å². The molecule has 5 nitrogen and oxygen atoms in total. The molecule has 134 valence electrons. The van der Waals surface area contributed by atoms with Crippen LogP contribution >= 0.6 is 11.8 Å². The van der Waals surface area contributed by atoms with E-state index in [1.54, 1.807) is 30.0 Å². The van der Waals surface area contributed by atoms with Crippen molar-refractivity contribution >= 4 is 28.7 Å². The summed E-state index contributed by atoms with van der Waals surface area (Å²) >= 11 is 1.66. The van der Waals surface area contributed by atoms with Crippen molar-refractivity contribution in [3.63, 3.8) is 0 Å². The number of hydrogen-bond donors (Lipinski definition) is 0. The molecule has 0 unspecified atom stereocenters. The molecule has 0 radical (unpaired) electrons. The van der Waals surface area contributed by atoms with Crippen LogP contribution in [0.15, 0.2) is 62.6 Å². The molecule has 1 aromatic heterocycles. The predicted molar refractivity (Wildman–Crippen MR) is 101 cm³/mol. The van der Waals surface area contributed by atoms with Crippen LogP contribution in [-0.4, -0.2) is 18.8 Å². The van der Waals surface area contributed by atoms with E-state index >= 15 is 0 Å². The summed E-state index contributed by atoms with van der Waals surface area (Å²) in [5, 5.41) is 0.827. The zero-order valence-corrected chi connectivity index (χ0v) is 15.3. The number of aryl methyl sites for hydroxylation is 1. The molecule has 0 atom stereocenters. The third-order valence-corrected chi connectivity index (χ3v) is 4.58. The predicted octanol–water partition coefficient (Wildman–Crippen LogP) is 3.95. The average Bonchev–Trinajstić information content (AvgIpc) is 2.64. The van der Waals surface area contributed by atoms with E-state index in [1.807, 2.05) is 37.4 Å². The van der Waals surface area contributed by atoms with E-state index in [-0.39, 0.29) is 13.2 Å². The minimum Gasteiger partial charge on any atom is -0.482 e. The minimum absolute atomic E-state index is 0.197. The van der Waals surface area contributed by atoms with Gasteiger partial charge in [-0.3, -0.25) is 0 Å². The van der Waals surface area contributed by atoms with Crippen molar-refractivity contribution in [3.05, 3.63) is 70.1 Å². The molecule has 2 aromatic carbocycles. The molecular weight excluding hydrogens is 352 g/mol. The van der Waals surface area contributed by atoms with Gasteiger partial charge in [0, 0.05) is 22.4 Å². The Morgan fingerprint density at radius 1 is 1.12 bits per heavy atom. The van der Waals surface area contributed by atoms with E-state index in [0.717, 1.165) is 21.4 Å². The zero-order valence-electron chi connectivity index (χ0n) is 14.5. The maximum atomic E-state index is 11.9. The molecule has 0 saturated carbocycles. The summed E-state index contributed by atoms with van der Waals surface area (Å²) in [5.41, 5.74) is 1.75. The van der Waals surface area contributed by atoms with Crippen molar-refractivity contribution in [3.8, 4) is 5.75 Å². The number of carbonyl (C=O) groups excluding carboxylic acids is 1. The van der Waals surface area contributed by atoms with Gasteiger partial charge in [0.05, 0.1) is 0 Å². The van der Waals surface area contributed by atoms with Crippen LogP contribution in [0, 0.1) is 6.92 Å². The van der Waals surface area contributed by atoms with Crippen molar-refractivity contribution in [1.29, 1.82) is 0 Å². The van der Waals surface area contributed by atoms with Gasteiger partial charge in [-0.2, -0.15) is 0 Å². The van der Waals surface area contributed by atoms with Crippen LogP contribution < -0.4 is 10.4 Å². The van der Waals surface area contributed by atoms with Crippen molar-refractivity contribution in [2.45, 2.75) is 18.4 Å². The summed E-state index contributed by atoms with van der Waals surface area (Å²) in [4.78, 5) is 24.5. The quantitative estimate of drug-likeness (QED) is 0.372. The first-order chi connectivity index (χ1) is 12.5. The number of fused-ring (bicyclic) bond motifs is 1. The minimum atomic E-state index is -0.468. The lowest BCUT2D eigenvalue weighted by Crippen LogP contribution is -2.14. The second kappa shape index (κ2) is 8.10. The van der Waals surface area contributed by atoms with Crippen LogP contribution in [0.25, 0.3) is 11.0 Å². The van der Waals surface area contributed by atoms with Crippen LogP contribution in [0.4, 0.5) is 0 Å². The molecular formula is C20H18O5S. The Bertz CT molecular complexity index is 976. The van der Waals surface area contributed by atoms with E-state index in [1.165, 1.54) is 6.07 Å². The van der Waals surface area contributed by atoms with Gasteiger partial charge in [-0.15, -0.1) is 11.8 Å². The molecule has 0 spiro atoms. The van der Waals surface area contributed by atoms with Gasteiger partial charge in [-0.25, -0.2) is 9.59 Å². The first-order valence-electron chi connectivity index (χ1n) is 8.01. The Balaban J connectivity index is 1.57. The third kappa shape index (κ3) is 4.46. The summed E-state index contributed by atoms with van der Waals surface area (Å²) < 4.78 is 15.8. The van der Waals surface area contributed by atoms with E-state index in [0.29, 0.717) is 11.3 Å². The highest BCUT2D eigenvalue weighted by atomic mass is 32.2. The highest BCUT2D eigenvalue weighted by molar-refractivity contribution is 7.98. The second-order valence-electron chi connectivity index (χ2n) is 5.70. The van der Waals surface area contributed by atoms with Crippen LogP contribution in [0.5, 0.6) is 5.75 Å². The van der Waals surface area contributed by atoms with Crippen molar-refractivity contribution in [1.82, 2.24) is 0 Å². The van der Waals surface area contributed by atoms with Crippen LogP contribution in [-0.2, 0) is 16.1 Å². The maximum absolute atomic E-state index is 11.9. The third-order valence-electron chi connectivity index (χ3n) is 3.84. The molecule has 6 heteroatoms. The molecule has 0 bridgehead atoms. The maximum Gasteiger partial charge on any atom is 0.344 e. The summed E-state index contributed by atoms with van der Waals surface area (Å²) in [7, 11) is 0. The van der Waals surface area contributed by atoms with E-state index in [2.05, 4.69) is 0 Å². The van der Waals surface area contributed by atoms with Crippen molar-refractivity contribution < 1.29 is 18.7 Å². The molecule has 0 N–H and O–H groups in total.